The summed E-state index contributed by atoms with van der Waals surface area (Å²) in [5, 5.41) is 0. The maximum absolute atomic E-state index is 13.4. The average Bonchev–Trinajstić information content (AvgIpc) is 2.37. The molecular formula is C19H21F3. The molecule has 118 valence electrons. The molecule has 1 atom stereocenters. The Morgan fingerprint density at radius 3 is 1.50 bits per heavy atom. The number of hydrogen-bond acceptors (Lipinski definition) is 0. The van der Waals surface area contributed by atoms with Gasteiger partial charge < -0.3 is 0 Å². The molecule has 22 heavy (non-hydrogen) atoms. The van der Waals surface area contributed by atoms with Gasteiger partial charge in [0.25, 0.3) is 0 Å². The zero-order valence-electron chi connectivity index (χ0n) is 13.3. The summed E-state index contributed by atoms with van der Waals surface area (Å²) < 4.78 is 40.1. The third kappa shape index (κ3) is 3.70. The van der Waals surface area contributed by atoms with Crippen molar-refractivity contribution in [2.24, 2.45) is 5.41 Å². The first-order chi connectivity index (χ1) is 10.1. The van der Waals surface area contributed by atoms with Crippen molar-refractivity contribution in [3.63, 3.8) is 0 Å². The maximum atomic E-state index is 13.4. The Hall–Kier alpha value is -1.77. The molecule has 0 aliphatic heterocycles. The maximum Gasteiger partial charge on any atom is 0.396 e. The third-order valence-electron chi connectivity index (χ3n) is 3.82. The number of rotatable bonds is 2. The van der Waals surface area contributed by atoms with E-state index in [1.54, 1.807) is 45.0 Å². The predicted octanol–water partition coefficient (Wildman–Crippen LogP) is 6.35. The molecule has 0 fully saturated rings. The number of alkyl halides is 3. The fourth-order valence-electron chi connectivity index (χ4n) is 2.79. The minimum atomic E-state index is -4.25. The van der Waals surface area contributed by atoms with E-state index in [0.717, 1.165) is 16.7 Å². The first kappa shape index (κ1) is 16.6. The highest BCUT2D eigenvalue weighted by Crippen LogP contribution is 2.46. The molecule has 0 radical (unpaired) electrons. The van der Waals surface area contributed by atoms with Crippen molar-refractivity contribution in [3.05, 3.63) is 59.7 Å². The van der Waals surface area contributed by atoms with E-state index in [2.05, 4.69) is 0 Å². The Balaban J connectivity index is 2.36. The van der Waals surface area contributed by atoms with E-state index in [1.807, 2.05) is 31.2 Å². The van der Waals surface area contributed by atoms with Crippen LogP contribution in [0.25, 0.3) is 11.1 Å². The average molecular weight is 306 g/mol. The van der Waals surface area contributed by atoms with Gasteiger partial charge in [-0.2, -0.15) is 13.2 Å². The summed E-state index contributed by atoms with van der Waals surface area (Å²) in [6.45, 7) is 6.88. The van der Waals surface area contributed by atoms with Gasteiger partial charge in [-0.1, -0.05) is 74.9 Å². The Bertz CT molecular complexity index is 600. The number of benzene rings is 2. The smallest absolute Gasteiger partial charge is 0.170 e. The zero-order chi connectivity index (χ0) is 16.5. The number of hydrogen-bond donors (Lipinski definition) is 0. The highest BCUT2D eigenvalue weighted by atomic mass is 19.4. The molecule has 0 amide bonds. The minimum Gasteiger partial charge on any atom is -0.170 e. The largest absolute Gasteiger partial charge is 0.396 e. The molecule has 0 aliphatic carbocycles. The van der Waals surface area contributed by atoms with Crippen LogP contribution in [0.15, 0.2) is 48.5 Å². The summed E-state index contributed by atoms with van der Waals surface area (Å²) in [6.07, 6.45) is -4.25. The lowest BCUT2D eigenvalue weighted by Gasteiger charge is -2.33. The first-order valence-electron chi connectivity index (χ1n) is 7.33. The third-order valence-corrected chi connectivity index (χ3v) is 3.82. The summed E-state index contributed by atoms with van der Waals surface area (Å²) >= 11 is 0. The standard InChI is InChI=1S/C19H21F3/c1-13-5-7-14(8-6-13)15-9-11-16(12-10-15)17(18(2,3)4)19(20,21)22/h5-12,17H,1-4H3. The van der Waals surface area contributed by atoms with E-state index in [1.165, 1.54) is 0 Å². The van der Waals surface area contributed by atoms with E-state index < -0.39 is 17.5 Å². The highest BCUT2D eigenvalue weighted by Gasteiger charge is 2.47. The minimum absolute atomic E-state index is 0.316. The molecular weight excluding hydrogens is 285 g/mol. The second kappa shape index (κ2) is 5.79. The van der Waals surface area contributed by atoms with E-state index in [0.29, 0.717) is 5.56 Å². The summed E-state index contributed by atoms with van der Waals surface area (Å²) in [7, 11) is 0. The van der Waals surface area contributed by atoms with Crippen molar-refractivity contribution in [2.45, 2.75) is 39.8 Å². The van der Waals surface area contributed by atoms with Crippen molar-refractivity contribution >= 4 is 0 Å². The van der Waals surface area contributed by atoms with Gasteiger partial charge in [0.1, 0.15) is 0 Å². The Morgan fingerprint density at radius 2 is 1.14 bits per heavy atom. The van der Waals surface area contributed by atoms with Crippen LogP contribution in [0.4, 0.5) is 13.2 Å². The number of halogens is 3. The topological polar surface area (TPSA) is 0 Å². The normalized spacial score (nSPS) is 14.0. The molecule has 1 unspecified atom stereocenters. The molecule has 0 bridgehead atoms. The van der Waals surface area contributed by atoms with Crippen LogP contribution in [0.2, 0.25) is 0 Å². The van der Waals surface area contributed by atoms with E-state index >= 15 is 0 Å². The predicted molar refractivity (Wildman–Crippen MR) is 84.9 cm³/mol. The van der Waals surface area contributed by atoms with Crippen LogP contribution in [0.5, 0.6) is 0 Å². The molecule has 0 spiro atoms. The molecule has 3 heteroatoms. The lowest BCUT2D eigenvalue weighted by molar-refractivity contribution is -0.171. The molecule has 2 aromatic rings. The fourth-order valence-corrected chi connectivity index (χ4v) is 2.79. The fraction of sp³-hybridized carbons (Fsp3) is 0.368. The van der Waals surface area contributed by atoms with E-state index in [9.17, 15) is 13.2 Å². The van der Waals surface area contributed by atoms with Gasteiger partial charge in [-0.25, -0.2) is 0 Å². The van der Waals surface area contributed by atoms with Gasteiger partial charge in [0.05, 0.1) is 5.92 Å². The van der Waals surface area contributed by atoms with Crippen molar-refractivity contribution in [3.8, 4) is 11.1 Å². The van der Waals surface area contributed by atoms with Gasteiger partial charge in [0.15, 0.2) is 0 Å². The van der Waals surface area contributed by atoms with Gasteiger partial charge >= 0.3 is 6.18 Å². The number of aryl methyl sites for hydroxylation is 1. The molecule has 0 nitrogen and oxygen atoms in total. The highest BCUT2D eigenvalue weighted by molar-refractivity contribution is 5.64. The van der Waals surface area contributed by atoms with Crippen molar-refractivity contribution in [2.75, 3.05) is 0 Å². The second-order valence-electron chi connectivity index (χ2n) is 6.83. The summed E-state index contributed by atoms with van der Waals surface area (Å²) in [5.41, 5.74) is 2.54. The Labute approximate surface area is 130 Å². The summed E-state index contributed by atoms with van der Waals surface area (Å²) in [4.78, 5) is 0. The van der Waals surface area contributed by atoms with Gasteiger partial charge in [-0.3, -0.25) is 0 Å². The molecule has 0 aliphatic rings. The van der Waals surface area contributed by atoms with Crippen LogP contribution in [-0.4, -0.2) is 6.18 Å². The zero-order valence-corrected chi connectivity index (χ0v) is 13.3. The van der Waals surface area contributed by atoms with Gasteiger partial charge in [0, 0.05) is 0 Å². The Kier molecular flexibility index (Phi) is 4.37. The molecule has 0 saturated heterocycles. The molecule has 0 N–H and O–H groups in total. The second-order valence-corrected chi connectivity index (χ2v) is 6.83. The molecule has 0 saturated carbocycles. The van der Waals surface area contributed by atoms with Crippen LogP contribution < -0.4 is 0 Å². The van der Waals surface area contributed by atoms with Crippen molar-refractivity contribution < 1.29 is 13.2 Å². The lowest BCUT2D eigenvalue weighted by Crippen LogP contribution is -2.32. The van der Waals surface area contributed by atoms with Crippen LogP contribution in [-0.2, 0) is 0 Å². The van der Waals surface area contributed by atoms with Crippen molar-refractivity contribution in [1.29, 1.82) is 0 Å². The van der Waals surface area contributed by atoms with E-state index in [4.69, 9.17) is 0 Å². The van der Waals surface area contributed by atoms with Gasteiger partial charge in [0.2, 0.25) is 0 Å². The quantitative estimate of drug-likeness (QED) is 0.606. The molecule has 2 rings (SSSR count). The van der Waals surface area contributed by atoms with Crippen molar-refractivity contribution in [1.82, 2.24) is 0 Å². The monoisotopic (exact) mass is 306 g/mol. The van der Waals surface area contributed by atoms with Gasteiger partial charge in [-0.15, -0.1) is 0 Å². The van der Waals surface area contributed by atoms with Crippen LogP contribution in [0, 0.1) is 12.3 Å². The van der Waals surface area contributed by atoms with Gasteiger partial charge in [-0.05, 0) is 29.0 Å². The Morgan fingerprint density at radius 1 is 0.727 bits per heavy atom. The van der Waals surface area contributed by atoms with Crippen LogP contribution >= 0.6 is 0 Å². The first-order valence-corrected chi connectivity index (χ1v) is 7.33. The lowest BCUT2D eigenvalue weighted by atomic mass is 9.76. The van der Waals surface area contributed by atoms with Crippen LogP contribution in [0.1, 0.15) is 37.8 Å². The summed E-state index contributed by atoms with van der Waals surface area (Å²) in [6, 6.07) is 14.7. The SMILES string of the molecule is Cc1ccc(-c2ccc(C(C(C)(C)C)C(F)(F)F)cc2)cc1. The summed E-state index contributed by atoms with van der Waals surface area (Å²) in [5.74, 6) is -1.47. The molecule has 0 aromatic heterocycles. The molecule has 0 heterocycles. The van der Waals surface area contributed by atoms with E-state index in [-0.39, 0.29) is 0 Å². The molecule has 2 aromatic carbocycles. The van der Waals surface area contributed by atoms with Crippen LogP contribution in [0.3, 0.4) is 0 Å².